The molecule has 4 aliphatic carbocycles. The molecule has 0 spiro atoms. The third kappa shape index (κ3) is 3.18. The van der Waals surface area contributed by atoms with Gasteiger partial charge in [-0.15, -0.1) is 0 Å². The highest BCUT2D eigenvalue weighted by Crippen LogP contribution is 2.60. The second kappa shape index (κ2) is 6.94. The van der Waals surface area contributed by atoms with Crippen LogP contribution >= 0.6 is 11.8 Å². The van der Waals surface area contributed by atoms with Crippen LogP contribution in [0.2, 0.25) is 0 Å². The van der Waals surface area contributed by atoms with Crippen molar-refractivity contribution in [2.45, 2.75) is 49.2 Å². The third-order valence-corrected chi connectivity index (χ3v) is 8.34. The number of carbonyl (C=O) groups excluding carboxylic acids is 1. The highest BCUT2D eigenvalue weighted by Gasteiger charge is 2.51. The van der Waals surface area contributed by atoms with Crippen molar-refractivity contribution >= 4 is 28.6 Å². The van der Waals surface area contributed by atoms with Crippen LogP contribution < -0.4 is 0 Å². The molecule has 0 amide bonds. The molecule has 30 heavy (non-hydrogen) atoms. The minimum absolute atomic E-state index is 0.0588. The van der Waals surface area contributed by atoms with Crippen LogP contribution in [0.25, 0.3) is 11.1 Å². The first-order chi connectivity index (χ1) is 14.6. The minimum Gasteiger partial charge on any atom is -0.431 e. The van der Waals surface area contributed by atoms with Crippen LogP contribution in [0.15, 0.2) is 52.1 Å². The molecule has 4 fully saturated rings. The van der Waals surface area contributed by atoms with Gasteiger partial charge in [0.1, 0.15) is 11.3 Å². The number of halogens is 1. The molecule has 3 nitrogen and oxygen atoms in total. The summed E-state index contributed by atoms with van der Waals surface area (Å²) >= 11 is 1.30. The molecule has 1 aromatic heterocycles. The van der Waals surface area contributed by atoms with E-state index in [1.165, 1.54) is 80.1 Å². The zero-order valence-electron chi connectivity index (χ0n) is 16.8. The Kier molecular flexibility index (Phi) is 4.31. The average Bonchev–Trinajstić information content (AvgIpc) is 3.14. The van der Waals surface area contributed by atoms with Crippen LogP contribution in [0.1, 0.15) is 54.4 Å². The Morgan fingerprint density at radius 1 is 1.03 bits per heavy atom. The summed E-state index contributed by atoms with van der Waals surface area (Å²) in [7, 11) is 0. The molecule has 0 N–H and O–H groups in total. The van der Waals surface area contributed by atoms with Crippen LogP contribution in [0.3, 0.4) is 0 Å². The number of fused-ring (bicyclic) bond motifs is 1. The molecule has 0 unspecified atom stereocenters. The Morgan fingerprint density at radius 3 is 2.37 bits per heavy atom. The molecule has 4 saturated carbocycles. The molecule has 0 saturated heterocycles. The lowest BCUT2D eigenvalue weighted by Crippen LogP contribution is -2.48. The van der Waals surface area contributed by atoms with Crippen LogP contribution in [-0.2, 0) is 5.41 Å². The Hall–Kier alpha value is -2.14. The van der Waals surface area contributed by atoms with Crippen molar-refractivity contribution in [1.29, 1.82) is 0 Å². The summed E-state index contributed by atoms with van der Waals surface area (Å²) in [5.41, 5.74) is 3.94. The predicted molar refractivity (Wildman–Crippen MR) is 115 cm³/mol. The van der Waals surface area contributed by atoms with Crippen molar-refractivity contribution < 1.29 is 13.6 Å². The first-order valence-corrected chi connectivity index (χ1v) is 11.9. The molecule has 5 heteroatoms. The van der Waals surface area contributed by atoms with Crippen LogP contribution in [0, 0.1) is 23.6 Å². The van der Waals surface area contributed by atoms with E-state index in [4.69, 9.17) is 4.42 Å². The highest BCUT2D eigenvalue weighted by molar-refractivity contribution is 7.99. The van der Waals surface area contributed by atoms with Crippen LogP contribution in [0.5, 0.6) is 0 Å². The molecule has 7 rings (SSSR count). The minimum atomic E-state index is -0.340. The zero-order chi connectivity index (χ0) is 20.3. The fourth-order valence-corrected chi connectivity index (χ4v) is 7.34. The van der Waals surface area contributed by atoms with E-state index in [0.717, 1.165) is 28.9 Å². The normalized spacial score (nSPS) is 29.6. The smallest absolute Gasteiger partial charge is 0.257 e. The number of ketones is 1. The quantitative estimate of drug-likeness (QED) is 0.353. The number of Topliss-reactive ketones (excluding diaryl/α,β-unsaturated/α-hetero) is 1. The Balaban J connectivity index is 1.21. The van der Waals surface area contributed by atoms with E-state index in [0.29, 0.717) is 16.2 Å². The van der Waals surface area contributed by atoms with Gasteiger partial charge in [-0.25, -0.2) is 9.37 Å². The van der Waals surface area contributed by atoms with Gasteiger partial charge in [0.2, 0.25) is 0 Å². The lowest BCUT2D eigenvalue weighted by atomic mass is 9.48. The third-order valence-electron chi connectivity index (χ3n) is 7.51. The van der Waals surface area contributed by atoms with E-state index in [2.05, 4.69) is 23.2 Å². The van der Waals surface area contributed by atoms with Crippen LogP contribution in [-0.4, -0.2) is 16.5 Å². The van der Waals surface area contributed by atoms with E-state index in [-0.39, 0.29) is 17.4 Å². The molecular weight excluding hydrogens is 397 g/mol. The van der Waals surface area contributed by atoms with Crippen molar-refractivity contribution in [1.82, 2.24) is 4.98 Å². The van der Waals surface area contributed by atoms with Gasteiger partial charge in [-0.05, 0) is 104 Å². The standard InChI is InChI=1S/C25H24FNO2S/c26-20-4-1-18(2-5-20)22(28)14-30-24-27-21-10-19(3-6-23(21)29-24)25-11-15-7-16(12-25)9-17(8-15)13-25/h1-6,10,15-17H,7-9,11-14H2. The van der Waals surface area contributed by atoms with Gasteiger partial charge in [-0.1, -0.05) is 17.8 Å². The van der Waals surface area contributed by atoms with Gasteiger partial charge in [0.25, 0.3) is 5.22 Å². The molecule has 2 aromatic carbocycles. The topological polar surface area (TPSA) is 43.1 Å². The second-order valence-electron chi connectivity index (χ2n) is 9.58. The molecule has 0 atom stereocenters. The summed E-state index contributed by atoms with van der Waals surface area (Å²) in [5.74, 6) is 2.55. The number of benzene rings is 2. The van der Waals surface area contributed by atoms with E-state index >= 15 is 0 Å². The number of hydrogen-bond donors (Lipinski definition) is 0. The van der Waals surface area contributed by atoms with Crippen molar-refractivity contribution in [3.8, 4) is 0 Å². The van der Waals surface area contributed by atoms with Gasteiger partial charge in [0.05, 0.1) is 5.75 Å². The molecule has 3 aromatic rings. The van der Waals surface area contributed by atoms with Gasteiger partial charge in [0.15, 0.2) is 11.4 Å². The second-order valence-corrected chi connectivity index (χ2v) is 10.5. The van der Waals surface area contributed by atoms with Crippen LogP contribution in [0.4, 0.5) is 4.39 Å². The van der Waals surface area contributed by atoms with Crippen molar-refractivity contribution in [3.05, 3.63) is 59.4 Å². The summed E-state index contributed by atoms with van der Waals surface area (Å²) < 4.78 is 18.9. The lowest BCUT2D eigenvalue weighted by Gasteiger charge is -2.57. The molecule has 1 heterocycles. The zero-order valence-corrected chi connectivity index (χ0v) is 17.6. The van der Waals surface area contributed by atoms with E-state index in [9.17, 15) is 9.18 Å². The first kappa shape index (κ1) is 18.6. The summed E-state index contributed by atoms with van der Waals surface area (Å²) in [4.78, 5) is 17.0. The number of thioether (sulfide) groups is 1. The predicted octanol–water partition coefficient (Wildman–Crippen LogP) is 6.41. The number of aromatic nitrogens is 1. The molecule has 4 aliphatic rings. The molecular formula is C25H24FNO2S. The van der Waals surface area contributed by atoms with E-state index in [1.54, 1.807) is 0 Å². The van der Waals surface area contributed by atoms with Gasteiger partial charge in [-0.2, -0.15) is 0 Å². The van der Waals surface area contributed by atoms with Crippen molar-refractivity contribution in [2.75, 3.05) is 5.75 Å². The van der Waals surface area contributed by atoms with Gasteiger partial charge < -0.3 is 4.42 Å². The summed E-state index contributed by atoms with van der Waals surface area (Å²) in [6.45, 7) is 0. The number of nitrogens with zero attached hydrogens (tertiary/aromatic N) is 1. The summed E-state index contributed by atoms with van der Waals surface area (Å²) in [6, 6.07) is 12.2. The summed E-state index contributed by atoms with van der Waals surface area (Å²) in [5, 5.41) is 0.517. The maximum absolute atomic E-state index is 13.0. The molecule has 0 aliphatic heterocycles. The lowest BCUT2D eigenvalue weighted by molar-refractivity contribution is -0.00513. The number of oxazole rings is 1. The Morgan fingerprint density at radius 2 is 1.70 bits per heavy atom. The fourth-order valence-electron chi connectivity index (χ4n) is 6.61. The van der Waals surface area contributed by atoms with E-state index < -0.39 is 0 Å². The highest BCUT2D eigenvalue weighted by atomic mass is 32.2. The Labute approximate surface area is 179 Å². The maximum Gasteiger partial charge on any atom is 0.257 e. The van der Waals surface area contributed by atoms with Gasteiger partial charge in [-0.3, -0.25) is 4.79 Å². The first-order valence-electron chi connectivity index (χ1n) is 10.9. The average molecular weight is 422 g/mol. The Bertz CT molecular complexity index is 1080. The molecule has 154 valence electrons. The number of hydrogen-bond acceptors (Lipinski definition) is 4. The van der Waals surface area contributed by atoms with Gasteiger partial charge >= 0.3 is 0 Å². The fraction of sp³-hybridized carbons (Fsp3) is 0.440. The van der Waals surface area contributed by atoms with Gasteiger partial charge in [0, 0.05) is 5.56 Å². The molecule has 0 radical (unpaired) electrons. The van der Waals surface area contributed by atoms with Crippen molar-refractivity contribution in [2.24, 2.45) is 17.8 Å². The molecule has 4 bridgehead atoms. The van der Waals surface area contributed by atoms with Crippen molar-refractivity contribution in [3.63, 3.8) is 0 Å². The maximum atomic E-state index is 13.0. The van der Waals surface area contributed by atoms with E-state index in [1.807, 2.05) is 0 Å². The largest absolute Gasteiger partial charge is 0.431 e. The SMILES string of the molecule is O=C(CSc1nc2cc(C34CC5CC(CC(C5)C3)C4)ccc2o1)c1ccc(F)cc1. The number of carbonyl (C=O) groups is 1. The summed E-state index contributed by atoms with van der Waals surface area (Å²) in [6.07, 6.45) is 8.30. The monoisotopic (exact) mass is 421 g/mol. The number of rotatable bonds is 5.